The van der Waals surface area contributed by atoms with Crippen LogP contribution < -0.4 is 5.32 Å². The van der Waals surface area contributed by atoms with E-state index in [0.29, 0.717) is 12.1 Å². The van der Waals surface area contributed by atoms with E-state index >= 15 is 0 Å². The minimum atomic E-state index is 0.481. The summed E-state index contributed by atoms with van der Waals surface area (Å²) in [4.78, 5) is 4.37. The number of allylic oxidation sites excluding steroid dienone is 1. The zero-order valence-corrected chi connectivity index (χ0v) is 13.2. The number of hydrogen-bond donors (Lipinski definition) is 2. The summed E-state index contributed by atoms with van der Waals surface area (Å²) in [5, 5.41) is 11.0. The summed E-state index contributed by atoms with van der Waals surface area (Å²) < 4.78 is 0. The Labute approximate surface area is 131 Å². The highest BCUT2D eigenvalue weighted by molar-refractivity contribution is 5.89. The number of aromatic nitrogens is 2. The first-order valence-electron chi connectivity index (χ1n) is 8.64. The second-order valence-corrected chi connectivity index (χ2v) is 8.02. The van der Waals surface area contributed by atoms with Gasteiger partial charge in [-0.3, -0.25) is 10.1 Å². The number of nitrogens with one attached hydrogen (secondary N) is 2. The molecule has 5 aliphatic rings. The van der Waals surface area contributed by atoms with Crippen molar-refractivity contribution in [3.8, 4) is 0 Å². The Kier molecular flexibility index (Phi) is 2.49. The molecular weight excluding hydrogens is 272 g/mol. The highest BCUT2D eigenvalue weighted by Crippen LogP contribution is 2.71. The first kappa shape index (κ1) is 12.9. The standard InChI is InChI=1S/C18H24N4/c1-10(2)13-6-18(4-3-11(13)12-5-15(12)18)7-16-14-8-19-9-20-17(14)22-21-16/h8,11-13,15H,1,3-7,9H2,2H3,(H2,20,21,22). The van der Waals surface area contributed by atoms with Gasteiger partial charge in [0.25, 0.3) is 0 Å². The van der Waals surface area contributed by atoms with Crippen molar-refractivity contribution in [3.05, 3.63) is 23.4 Å². The van der Waals surface area contributed by atoms with Crippen LogP contribution in [0.4, 0.5) is 5.82 Å². The minimum Gasteiger partial charge on any atom is -0.349 e. The van der Waals surface area contributed by atoms with Crippen LogP contribution in [0.2, 0.25) is 0 Å². The third-order valence-corrected chi connectivity index (χ3v) is 6.90. The summed E-state index contributed by atoms with van der Waals surface area (Å²) in [7, 11) is 0. The molecule has 5 atom stereocenters. The highest BCUT2D eigenvalue weighted by atomic mass is 15.2. The molecular formula is C18H24N4. The number of aromatic amines is 1. The number of nitrogens with zero attached hydrogens (tertiary/aromatic N) is 2. The minimum absolute atomic E-state index is 0.481. The summed E-state index contributed by atoms with van der Waals surface area (Å²) >= 11 is 0. The number of H-pyrrole nitrogens is 1. The summed E-state index contributed by atoms with van der Waals surface area (Å²) in [6.07, 6.45) is 8.73. The maximum atomic E-state index is 4.45. The van der Waals surface area contributed by atoms with Gasteiger partial charge >= 0.3 is 0 Å². The van der Waals surface area contributed by atoms with Gasteiger partial charge in [-0.15, -0.1) is 0 Å². The Balaban J connectivity index is 1.49. The first-order valence-corrected chi connectivity index (χ1v) is 8.64. The fourth-order valence-corrected chi connectivity index (χ4v) is 5.82. The maximum Gasteiger partial charge on any atom is 0.158 e. The number of rotatable bonds is 3. The number of fused-ring (bicyclic) bond motifs is 3. The molecule has 4 fully saturated rings. The molecule has 4 saturated carbocycles. The van der Waals surface area contributed by atoms with Gasteiger partial charge < -0.3 is 5.32 Å². The Morgan fingerprint density at radius 3 is 3.23 bits per heavy atom. The molecule has 4 aliphatic carbocycles. The molecule has 2 bridgehead atoms. The highest BCUT2D eigenvalue weighted by Gasteiger charge is 2.64. The van der Waals surface area contributed by atoms with Crippen LogP contribution in [0.3, 0.4) is 0 Å². The molecule has 4 nitrogen and oxygen atoms in total. The molecule has 22 heavy (non-hydrogen) atoms. The van der Waals surface area contributed by atoms with Gasteiger partial charge in [0.1, 0.15) is 6.67 Å². The van der Waals surface area contributed by atoms with Crippen LogP contribution >= 0.6 is 0 Å². The van der Waals surface area contributed by atoms with Gasteiger partial charge in [0.05, 0.1) is 5.56 Å². The summed E-state index contributed by atoms with van der Waals surface area (Å²) in [5.74, 6) is 4.60. The van der Waals surface area contributed by atoms with Crippen molar-refractivity contribution >= 4 is 12.0 Å². The molecule has 0 saturated heterocycles. The molecule has 116 valence electrons. The van der Waals surface area contributed by atoms with E-state index in [0.717, 1.165) is 35.9 Å². The Morgan fingerprint density at radius 2 is 2.36 bits per heavy atom. The Morgan fingerprint density at radius 1 is 1.45 bits per heavy atom. The Bertz CT molecular complexity index is 673. The maximum absolute atomic E-state index is 4.45. The fourth-order valence-electron chi connectivity index (χ4n) is 5.82. The second kappa shape index (κ2) is 4.24. The zero-order chi connectivity index (χ0) is 14.9. The van der Waals surface area contributed by atoms with Crippen molar-refractivity contribution in [2.24, 2.45) is 34.1 Å². The predicted molar refractivity (Wildman–Crippen MR) is 88.1 cm³/mol. The lowest BCUT2D eigenvalue weighted by molar-refractivity contribution is 0.0132. The third-order valence-electron chi connectivity index (χ3n) is 6.90. The van der Waals surface area contributed by atoms with Crippen LogP contribution in [-0.2, 0) is 6.42 Å². The third kappa shape index (κ3) is 1.64. The smallest absolute Gasteiger partial charge is 0.158 e. The van der Waals surface area contributed by atoms with Crippen LogP contribution in [0.25, 0.3) is 0 Å². The lowest BCUT2D eigenvalue weighted by Gasteiger charge is -2.51. The number of anilines is 1. The lowest BCUT2D eigenvalue weighted by atomic mass is 9.54. The topological polar surface area (TPSA) is 53.1 Å². The van der Waals surface area contributed by atoms with Crippen molar-refractivity contribution in [2.75, 3.05) is 12.0 Å². The quantitative estimate of drug-likeness (QED) is 0.840. The molecule has 4 heteroatoms. The van der Waals surface area contributed by atoms with Gasteiger partial charge in [-0.25, -0.2) is 0 Å². The largest absolute Gasteiger partial charge is 0.349 e. The van der Waals surface area contributed by atoms with E-state index in [9.17, 15) is 0 Å². The molecule has 2 N–H and O–H groups in total. The Hall–Kier alpha value is -1.58. The normalized spacial score (nSPS) is 40.8. The van der Waals surface area contributed by atoms with E-state index < -0.39 is 0 Å². The monoisotopic (exact) mass is 296 g/mol. The molecule has 0 aromatic carbocycles. The van der Waals surface area contributed by atoms with Crippen LogP contribution in [0.5, 0.6) is 0 Å². The van der Waals surface area contributed by atoms with Crippen molar-refractivity contribution in [3.63, 3.8) is 0 Å². The number of hydrogen-bond acceptors (Lipinski definition) is 3. The number of aliphatic imine (C=N–C) groups is 1. The molecule has 0 amide bonds. The average Bonchev–Trinajstić information content (AvgIpc) is 3.27. The SMILES string of the molecule is C=C(C)C1CC2(Cc3[nH]nc4c3C=NCN4)CCC1C1CC12. The fraction of sp³-hybridized carbons (Fsp3) is 0.667. The van der Waals surface area contributed by atoms with Crippen LogP contribution in [0.1, 0.15) is 43.9 Å². The van der Waals surface area contributed by atoms with Crippen molar-refractivity contribution in [2.45, 2.75) is 39.0 Å². The summed E-state index contributed by atoms with van der Waals surface area (Å²) in [6, 6.07) is 0. The molecule has 0 radical (unpaired) electrons. The van der Waals surface area contributed by atoms with E-state index in [1.165, 1.54) is 42.5 Å². The average molecular weight is 296 g/mol. The van der Waals surface area contributed by atoms with Crippen molar-refractivity contribution in [1.29, 1.82) is 0 Å². The molecule has 1 aromatic heterocycles. The van der Waals surface area contributed by atoms with Gasteiger partial charge in [0, 0.05) is 11.9 Å². The molecule has 6 rings (SSSR count). The lowest BCUT2D eigenvalue weighted by Crippen LogP contribution is -2.44. The first-order chi connectivity index (χ1) is 10.7. The molecule has 1 aromatic rings. The van der Waals surface area contributed by atoms with Crippen LogP contribution in [0, 0.1) is 29.1 Å². The van der Waals surface area contributed by atoms with Crippen LogP contribution in [0.15, 0.2) is 17.1 Å². The predicted octanol–water partition coefficient (Wildman–Crippen LogP) is 3.38. The van der Waals surface area contributed by atoms with E-state index in [-0.39, 0.29) is 0 Å². The molecule has 2 heterocycles. The molecule has 0 spiro atoms. The van der Waals surface area contributed by atoms with E-state index in [2.05, 4.69) is 34.0 Å². The molecule has 1 aliphatic heterocycles. The zero-order valence-electron chi connectivity index (χ0n) is 13.2. The van der Waals surface area contributed by atoms with Crippen LogP contribution in [-0.4, -0.2) is 23.1 Å². The van der Waals surface area contributed by atoms with Gasteiger partial charge in [-0.1, -0.05) is 12.2 Å². The van der Waals surface area contributed by atoms with Gasteiger partial charge in [0.2, 0.25) is 0 Å². The van der Waals surface area contributed by atoms with E-state index in [1.54, 1.807) is 0 Å². The molecule has 5 unspecified atom stereocenters. The summed E-state index contributed by atoms with van der Waals surface area (Å²) in [6.45, 7) is 7.18. The van der Waals surface area contributed by atoms with Gasteiger partial charge in [-0.2, -0.15) is 5.10 Å². The van der Waals surface area contributed by atoms with E-state index in [1.807, 2.05) is 6.21 Å². The second-order valence-electron chi connectivity index (χ2n) is 8.02. The summed E-state index contributed by atoms with van der Waals surface area (Å²) in [5.41, 5.74) is 4.37. The van der Waals surface area contributed by atoms with Gasteiger partial charge in [0.15, 0.2) is 5.82 Å². The van der Waals surface area contributed by atoms with Crippen molar-refractivity contribution < 1.29 is 0 Å². The van der Waals surface area contributed by atoms with E-state index in [4.69, 9.17) is 0 Å². The van der Waals surface area contributed by atoms with Gasteiger partial charge in [-0.05, 0) is 68.1 Å². The van der Waals surface area contributed by atoms with Crippen molar-refractivity contribution in [1.82, 2.24) is 10.2 Å².